The highest BCUT2D eigenvalue weighted by molar-refractivity contribution is 7.90. The monoisotopic (exact) mass is 304 g/mol. The van der Waals surface area contributed by atoms with E-state index >= 15 is 0 Å². The fraction of sp³-hybridized carbons (Fsp3) is 0.188. The molecule has 3 nitrogen and oxygen atoms in total. The highest BCUT2D eigenvalue weighted by atomic mass is 32.2. The molecular formula is C16H13FO3S. The average molecular weight is 304 g/mol. The molecule has 0 radical (unpaired) electrons. The third-order valence-corrected chi connectivity index (χ3v) is 4.90. The maximum absolute atomic E-state index is 13.0. The molecule has 0 saturated heterocycles. The molecule has 1 atom stereocenters. The van der Waals surface area contributed by atoms with Crippen LogP contribution >= 0.6 is 0 Å². The van der Waals surface area contributed by atoms with E-state index in [1.54, 1.807) is 18.2 Å². The first-order valence-electron chi connectivity index (χ1n) is 6.49. The highest BCUT2D eigenvalue weighted by Gasteiger charge is 2.31. The van der Waals surface area contributed by atoms with Crippen LogP contribution in [0.25, 0.3) is 0 Å². The van der Waals surface area contributed by atoms with Gasteiger partial charge in [0.25, 0.3) is 0 Å². The molecule has 0 fully saturated rings. The normalized spacial score (nSPS) is 17.8. The van der Waals surface area contributed by atoms with E-state index in [9.17, 15) is 17.6 Å². The van der Waals surface area contributed by atoms with Crippen molar-refractivity contribution in [2.75, 3.05) is 6.26 Å². The number of sulfone groups is 1. The van der Waals surface area contributed by atoms with Crippen molar-refractivity contribution >= 4 is 15.6 Å². The number of fused-ring (bicyclic) bond motifs is 1. The number of rotatable bonds is 2. The number of carbonyl (C=O) groups is 1. The molecular weight excluding hydrogens is 291 g/mol. The van der Waals surface area contributed by atoms with Crippen molar-refractivity contribution in [3.8, 4) is 0 Å². The number of Topliss-reactive ketones (excluding diaryl/α,β-unsaturated/α-hetero) is 1. The van der Waals surface area contributed by atoms with Crippen LogP contribution in [-0.4, -0.2) is 20.5 Å². The van der Waals surface area contributed by atoms with E-state index in [0.717, 1.165) is 17.4 Å². The first-order valence-corrected chi connectivity index (χ1v) is 8.38. The Kier molecular flexibility index (Phi) is 3.17. The van der Waals surface area contributed by atoms with Gasteiger partial charge in [-0.25, -0.2) is 12.8 Å². The lowest BCUT2D eigenvalue weighted by atomic mass is 9.93. The fourth-order valence-corrected chi connectivity index (χ4v) is 3.36. The van der Waals surface area contributed by atoms with Crippen molar-refractivity contribution in [2.24, 2.45) is 0 Å². The van der Waals surface area contributed by atoms with Crippen molar-refractivity contribution in [1.82, 2.24) is 0 Å². The Bertz CT molecular complexity index is 823. The lowest BCUT2D eigenvalue weighted by molar-refractivity contribution is 0.0991. The summed E-state index contributed by atoms with van der Waals surface area (Å²) >= 11 is 0. The Balaban J connectivity index is 2.09. The second-order valence-corrected chi connectivity index (χ2v) is 7.27. The molecule has 0 heterocycles. The van der Waals surface area contributed by atoms with Gasteiger partial charge in [-0.05, 0) is 35.4 Å². The number of halogens is 1. The van der Waals surface area contributed by atoms with Crippen LogP contribution < -0.4 is 0 Å². The predicted octanol–water partition coefficient (Wildman–Crippen LogP) is 2.95. The second-order valence-electron chi connectivity index (χ2n) is 5.25. The maximum atomic E-state index is 13.0. The van der Waals surface area contributed by atoms with Gasteiger partial charge in [-0.15, -0.1) is 0 Å². The van der Waals surface area contributed by atoms with Crippen LogP contribution in [-0.2, 0) is 9.84 Å². The van der Waals surface area contributed by atoms with Gasteiger partial charge in [-0.1, -0.05) is 18.2 Å². The lowest BCUT2D eigenvalue weighted by Gasteiger charge is -2.11. The minimum atomic E-state index is -3.34. The number of hydrogen-bond donors (Lipinski definition) is 0. The van der Waals surface area contributed by atoms with Gasteiger partial charge in [0.15, 0.2) is 15.6 Å². The van der Waals surface area contributed by atoms with E-state index < -0.39 is 9.84 Å². The fourth-order valence-electron chi connectivity index (χ4n) is 2.71. The van der Waals surface area contributed by atoms with Crippen LogP contribution in [0.4, 0.5) is 4.39 Å². The van der Waals surface area contributed by atoms with Crippen LogP contribution in [0.15, 0.2) is 47.4 Å². The molecule has 0 aromatic heterocycles. The molecule has 2 aromatic carbocycles. The van der Waals surface area contributed by atoms with Crippen molar-refractivity contribution < 1.29 is 17.6 Å². The topological polar surface area (TPSA) is 51.2 Å². The van der Waals surface area contributed by atoms with Crippen LogP contribution in [0, 0.1) is 5.82 Å². The number of carbonyl (C=O) groups excluding carboxylic acids is 1. The maximum Gasteiger partial charge on any atom is 0.175 e. The summed E-state index contributed by atoms with van der Waals surface area (Å²) in [5.74, 6) is -0.540. The molecule has 108 valence electrons. The summed E-state index contributed by atoms with van der Waals surface area (Å²) in [4.78, 5) is 12.3. The van der Waals surface area contributed by atoms with Crippen molar-refractivity contribution in [1.29, 1.82) is 0 Å². The highest BCUT2D eigenvalue weighted by Crippen LogP contribution is 2.38. The summed E-state index contributed by atoms with van der Waals surface area (Å²) in [5.41, 5.74) is 2.11. The summed E-state index contributed by atoms with van der Waals surface area (Å²) in [6, 6.07) is 10.7. The van der Waals surface area contributed by atoms with Gasteiger partial charge < -0.3 is 0 Å². The van der Waals surface area contributed by atoms with Gasteiger partial charge in [0.2, 0.25) is 0 Å². The molecule has 2 aromatic rings. The Morgan fingerprint density at radius 2 is 1.76 bits per heavy atom. The Morgan fingerprint density at radius 1 is 1.10 bits per heavy atom. The molecule has 21 heavy (non-hydrogen) atoms. The molecule has 1 aliphatic carbocycles. The summed E-state index contributed by atoms with van der Waals surface area (Å²) in [7, 11) is -3.34. The quantitative estimate of drug-likeness (QED) is 0.857. The van der Waals surface area contributed by atoms with Crippen LogP contribution in [0.2, 0.25) is 0 Å². The first kappa shape index (κ1) is 13.9. The summed E-state index contributed by atoms with van der Waals surface area (Å²) in [6.07, 6.45) is 1.40. The molecule has 3 rings (SSSR count). The summed E-state index contributed by atoms with van der Waals surface area (Å²) in [6.45, 7) is 0. The molecule has 5 heteroatoms. The van der Waals surface area contributed by atoms with Crippen LogP contribution in [0.5, 0.6) is 0 Å². The van der Waals surface area contributed by atoms with E-state index in [2.05, 4.69) is 0 Å². The summed E-state index contributed by atoms with van der Waals surface area (Å²) in [5, 5.41) is 0. The lowest BCUT2D eigenvalue weighted by Crippen LogP contribution is -2.00. The van der Waals surface area contributed by atoms with Crippen molar-refractivity contribution in [2.45, 2.75) is 17.2 Å². The van der Waals surface area contributed by atoms with E-state index in [1.807, 2.05) is 0 Å². The Morgan fingerprint density at radius 3 is 2.38 bits per heavy atom. The third kappa shape index (κ3) is 2.49. The minimum Gasteiger partial charge on any atom is -0.294 e. The third-order valence-electron chi connectivity index (χ3n) is 3.79. The zero-order valence-electron chi connectivity index (χ0n) is 11.3. The SMILES string of the molecule is CS(=O)(=O)c1ccc2c(c1)C(=O)C[C@H]2c1ccc(F)cc1. The number of hydrogen-bond acceptors (Lipinski definition) is 3. The van der Waals surface area contributed by atoms with Gasteiger partial charge in [0.1, 0.15) is 5.82 Å². The largest absolute Gasteiger partial charge is 0.294 e. The van der Waals surface area contributed by atoms with Gasteiger partial charge >= 0.3 is 0 Å². The molecule has 0 aliphatic heterocycles. The molecule has 0 amide bonds. The van der Waals surface area contributed by atoms with Crippen LogP contribution in [0.3, 0.4) is 0 Å². The smallest absolute Gasteiger partial charge is 0.175 e. The van der Waals surface area contributed by atoms with Crippen molar-refractivity contribution in [3.05, 3.63) is 65.0 Å². The van der Waals surface area contributed by atoms with E-state index in [1.165, 1.54) is 24.3 Å². The van der Waals surface area contributed by atoms with E-state index in [4.69, 9.17) is 0 Å². The van der Waals surface area contributed by atoms with Gasteiger partial charge in [0, 0.05) is 24.2 Å². The molecule has 0 bridgehead atoms. The minimum absolute atomic E-state index is 0.0789. The zero-order valence-corrected chi connectivity index (χ0v) is 12.2. The van der Waals surface area contributed by atoms with Gasteiger partial charge in [-0.3, -0.25) is 4.79 Å². The van der Waals surface area contributed by atoms with Gasteiger partial charge in [0.05, 0.1) is 4.90 Å². The second kappa shape index (κ2) is 4.77. The summed E-state index contributed by atoms with van der Waals surface area (Å²) < 4.78 is 36.1. The molecule has 0 unspecified atom stereocenters. The Labute approximate surface area is 122 Å². The van der Waals surface area contributed by atoms with E-state index in [0.29, 0.717) is 5.56 Å². The zero-order chi connectivity index (χ0) is 15.2. The Hall–Kier alpha value is -2.01. The average Bonchev–Trinajstić information content (AvgIpc) is 2.76. The molecule has 0 saturated carbocycles. The van der Waals surface area contributed by atoms with Crippen LogP contribution in [0.1, 0.15) is 33.8 Å². The predicted molar refractivity (Wildman–Crippen MR) is 76.7 cm³/mol. The van der Waals surface area contributed by atoms with Crippen molar-refractivity contribution in [3.63, 3.8) is 0 Å². The molecule has 0 N–H and O–H groups in total. The standard InChI is InChI=1S/C16H13FO3S/c1-21(19,20)12-6-7-13-14(9-16(18)15(13)8-12)10-2-4-11(17)5-3-10/h2-8,14H,9H2,1H3/t14-/m0/s1. The first-order chi connectivity index (χ1) is 9.86. The molecule has 1 aliphatic rings. The van der Waals surface area contributed by atoms with E-state index in [-0.39, 0.29) is 28.8 Å². The van der Waals surface area contributed by atoms with Gasteiger partial charge in [-0.2, -0.15) is 0 Å². The number of benzene rings is 2. The number of ketones is 1. The molecule has 0 spiro atoms.